The van der Waals surface area contributed by atoms with E-state index in [0.29, 0.717) is 4.47 Å². The molecule has 26 heavy (non-hydrogen) atoms. The Balaban J connectivity index is 2.14. The van der Waals surface area contributed by atoms with E-state index in [2.05, 4.69) is 21.2 Å². The third-order valence-corrected chi connectivity index (χ3v) is 4.67. The number of para-hydroxylation sites is 1. The SMILES string of the molecule is Cc1cccc(C(C)C)c1NC(=O)C(C)OC(=O)c1cc(F)ccc1Br. The fourth-order valence-corrected chi connectivity index (χ4v) is 2.91. The fraction of sp³-hybridized carbons (Fsp3) is 0.300. The van der Waals surface area contributed by atoms with Gasteiger partial charge in [-0.15, -0.1) is 0 Å². The predicted octanol–water partition coefficient (Wildman–Crippen LogP) is 5.20. The number of halogens is 2. The van der Waals surface area contributed by atoms with Crippen LogP contribution in [0.25, 0.3) is 0 Å². The number of carbonyl (C=O) groups is 2. The standard InChI is InChI=1S/C20H21BrFNO3/c1-11(2)15-7-5-6-12(3)18(15)23-19(24)13(4)26-20(25)16-10-14(22)8-9-17(16)21/h5-11,13H,1-4H3,(H,23,24). The molecule has 4 nitrogen and oxygen atoms in total. The van der Waals surface area contributed by atoms with Gasteiger partial charge in [-0.25, -0.2) is 9.18 Å². The third-order valence-electron chi connectivity index (χ3n) is 3.98. The highest BCUT2D eigenvalue weighted by atomic mass is 79.9. The molecule has 138 valence electrons. The van der Waals surface area contributed by atoms with E-state index in [-0.39, 0.29) is 11.5 Å². The average molecular weight is 422 g/mol. The first-order valence-corrected chi connectivity index (χ1v) is 9.06. The Morgan fingerprint density at radius 3 is 2.50 bits per heavy atom. The molecule has 0 aliphatic heterocycles. The Bertz CT molecular complexity index is 836. The van der Waals surface area contributed by atoms with E-state index in [1.54, 1.807) is 0 Å². The molecule has 0 radical (unpaired) electrons. The normalized spacial score (nSPS) is 12.0. The van der Waals surface area contributed by atoms with Crippen LogP contribution >= 0.6 is 15.9 Å². The summed E-state index contributed by atoms with van der Waals surface area (Å²) >= 11 is 3.18. The van der Waals surface area contributed by atoms with Crippen LogP contribution in [0.2, 0.25) is 0 Å². The van der Waals surface area contributed by atoms with E-state index in [1.165, 1.54) is 19.1 Å². The first-order chi connectivity index (χ1) is 12.2. The van der Waals surface area contributed by atoms with Gasteiger partial charge in [-0.1, -0.05) is 32.0 Å². The zero-order chi connectivity index (χ0) is 19.4. The molecule has 1 N–H and O–H groups in total. The molecule has 0 aliphatic carbocycles. The number of hydrogen-bond donors (Lipinski definition) is 1. The maximum absolute atomic E-state index is 13.3. The quantitative estimate of drug-likeness (QED) is 0.674. The number of nitrogens with one attached hydrogen (secondary N) is 1. The highest BCUT2D eigenvalue weighted by Gasteiger charge is 2.22. The summed E-state index contributed by atoms with van der Waals surface area (Å²) < 4.78 is 18.9. The lowest BCUT2D eigenvalue weighted by Crippen LogP contribution is -2.30. The average Bonchev–Trinajstić information content (AvgIpc) is 2.58. The van der Waals surface area contributed by atoms with Crippen LogP contribution in [-0.4, -0.2) is 18.0 Å². The van der Waals surface area contributed by atoms with Crippen molar-refractivity contribution in [3.05, 3.63) is 63.4 Å². The summed E-state index contributed by atoms with van der Waals surface area (Å²) in [6, 6.07) is 9.50. The summed E-state index contributed by atoms with van der Waals surface area (Å²) in [4.78, 5) is 24.7. The highest BCUT2D eigenvalue weighted by Crippen LogP contribution is 2.27. The molecule has 0 heterocycles. The summed E-state index contributed by atoms with van der Waals surface area (Å²) in [5.74, 6) is -1.54. The van der Waals surface area contributed by atoms with Gasteiger partial charge >= 0.3 is 5.97 Å². The summed E-state index contributed by atoms with van der Waals surface area (Å²) in [6.07, 6.45) is -1.03. The van der Waals surface area contributed by atoms with Crippen LogP contribution in [-0.2, 0) is 9.53 Å². The number of anilines is 1. The van der Waals surface area contributed by atoms with Gasteiger partial charge in [-0.3, -0.25) is 4.79 Å². The van der Waals surface area contributed by atoms with Gasteiger partial charge in [0, 0.05) is 10.2 Å². The van der Waals surface area contributed by atoms with Gasteiger partial charge in [-0.05, 0) is 65.0 Å². The van der Waals surface area contributed by atoms with E-state index < -0.39 is 23.8 Å². The van der Waals surface area contributed by atoms with Crippen LogP contribution in [0.4, 0.5) is 10.1 Å². The number of aryl methyl sites for hydroxylation is 1. The third kappa shape index (κ3) is 4.69. The van der Waals surface area contributed by atoms with Crippen molar-refractivity contribution in [3.63, 3.8) is 0 Å². The van der Waals surface area contributed by atoms with Crippen molar-refractivity contribution in [3.8, 4) is 0 Å². The van der Waals surface area contributed by atoms with Crippen LogP contribution in [0.5, 0.6) is 0 Å². The Hall–Kier alpha value is -2.21. The van der Waals surface area contributed by atoms with Crippen molar-refractivity contribution in [2.24, 2.45) is 0 Å². The van der Waals surface area contributed by atoms with Gasteiger partial charge in [0.15, 0.2) is 6.10 Å². The molecule has 0 aliphatic rings. The number of ether oxygens (including phenoxy) is 1. The van der Waals surface area contributed by atoms with Gasteiger partial charge in [0.1, 0.15) is 5.82 Å². The number of hydrogen-bond acceptors (Lipinski definition) is 3. The topological polar surface area (TPSA) is 55.4 Å². The predicted molar refractivity (Wildman–Crippen MR) is 103 cm³/mol. The summed E-state index contributed by atoms with van der Waals surface area (Å²) in [6.45, 7) is 7.46. The Kier molecular flexibility index (Phi) is 6.53. The van der Waals surface area contributed by atoms with E-state index in [0.717, 1.165) is 22.9 Å². The van der Waals surface area contributed by atoms with Gasteiger partial charge < -0.3 is 10.1 Å². The molecule has 2 rings (SSSR count). The minimum absolute atomic E-state index is 0.0309. The molecule has 1 amide bonds. The van der Waals surface area contributed by atoms with Crippen molar-refractivity contribution in [2.75, 3.05) is 5.32 Å². The number of esters is 1. The number of rotatable bonds is 5. The molecule has 0 saturated carbocycles. The summed E-state index contributed by atoms with van der Waals surface area (Å²) in [5, 5.41) is 2.84. The van der Waals surface area contributed by atoms with E-state index in [9.17, 15) is 14.0 Å². The zero-order valence-electron chi connectivity index (χ0n) is 15.1. The van der Waals surface area contributed by atoms with Crippen molar-refractivity contribution in [1.29, 1.82) is 0 Å². The molecule has 0 aromatic heterocycles. The molecule has 0 spiro atoms. The van der Waals surface area contributed by atoms with Gasteiger partial charge in [0.05, 0.1) is 5.56 Å². The minimum atomic E-state index is -1.03. The van der Waals surface area contributed by atoms with Gasteiger partial charge in [-0.2, -0.15) is 0 Å². The monoisotopic (exact) mass is 421 g/mol. The molecule has 2 aromatic carbocycles. The number of benzene rings is 2. The zero-order valence-corrected chi connectivity index (χ0v) is 16.7. The molecule has 0 bridgehead atoms. The molecule has 0 fully saturated rings. The number of carbonyl (C=O) groups excluding carboxylic acids is 2. The van der Waals surface area contributed by atoms with Crippen molar-refractivity contribution in [1.82, 2.24) is 0 Å². The second kappa shape index (κ2) is 8.45. The molecule has 6 heteroatoms. The van der Waals surface area contributed by atoms with Crippen molar-refractivity contribution in [2.45, 2.75) is 39.7 Å². The maximum Gasteiger partial charge on any atom is 0.340 e. The van der Waals surface area contributed by atoms with E-state index >= 15 is 0 Å². The van der Waals surface area contributed by atoms with Gasteiger partial charge in [0.2, 0.25) is 0 Å². The van der Waals surface area contributed by atoms with Crippen LogP contribution in [0.15, 0.2) is 40.9 Å². The van der Waals surface area contributed by atoms with E-state index in [1.807, 2.05) is 39.0 Å². The molecule has 2 aromatic rings. The summed E-state index contributed by atoms with van der Waals surface area (Å²) in [7, 11) is 0. The first-order valence-electron chi connectivity index (χ1n) is 8.27. The summed E-state index contributed by atoms with van der Waals surface area (Å²) in [5.41, 5.74) is 2.69. The van der Waals surface area contributed by atoms with Crippen molar-refractivity contribution < 1.29 is 18.7 Å². The van der Waals surface area contributed by atoms with Crippen molar-refractivity contribution >= 4 is 33.5 Å². The Morgan fingerprint density at radius 2 is 1.85 bits per heavy atom. The van der Waals surface area contributed by atoms with Crippen LogP contribution in [0, 0.1) is 12.7 Å². The number of amides is 1. The molecule has 1 atom stereocenters. The lowest BCUT2D eigenvalue weighted by molar-refractivity contribution is -0.123. The molecule has 0 saturated heterocycles. The minimum Gasteiger partial charge on any atom is -0.449 e. The fourth-order valence-electron chi connectivity index (χ4n) is 2.50. The largest absolute Gasteiger partial charge is 0.449 e. The lowest BCUT2D eigenvalue weighted by atomic mass is 9.98. The molecule has 1 unspecified atom stereocenters. The van der Waals surface area contributed by atoms with Crippen LogP contribution < -0.4 is 5.32 Å². The Morgan fingerprint density at radius 1 is 1.15 bits per heavy atom. The van der Waals surface area contributed by atoms with Crippen LogP contribution in [0.3, 0.4) is 0 Å². The molecular weight excluding hydrogens is 401 g/mol. The van der Waals surface area contributed by atoms with Gasteiger partial charge in [0.25, 0.3) is 5.91 Å². The lowest BCUT2D eigenvalue weighted by Gasteiger charge is -2.19. The Labute approximate surface area is 160 Å². The van der Waals surface area contributed by atoms with Crippen LogP contribution in [0.1, 0.15) is 48.2 Å². The maximum atomic E-state index is 13.3. The first kappa shape index (κ1) is 20.1. The second-order valence-corrected chi connectivity index (χ2v) is 7.21. The highest BCUT2D eigenvalue weighted by molar-refractivity contribution is 9.10. The van der Waals surface area contributed by atoms with E-state index in [4.69, 9.17) is 4.74 Å². The smallest absolute Gasteiger partial charge is 0.340 e. The molecular formula is C20H21BrFNO3. The second-order valence-electron chi connectivity index (χ2n) is 6.35.